The lowest BCUT2D eigenvalue weighted by Gasteiger charge is -2.19. The summed E-state index contributed by atoms with van der Waals surface area (Å²) in [5, 5.41) is 13.8. The number of fused-ring (bicyclic) bond motifs is 1. The Labute approximate surface area is 122 Å². The third-order valence-electron chi connectivity index (χ3n) is 3.13. The molecule has 0 aliphatic carbocycles. The van der Waals surface area contributed by atoms with Gasteiger partial charge in [0.25, 0.3) is 0 Å². The predicted molar refractivity (Wildman–Crippen MR) is 77.2 cm³/mol. The van der Waals surface area contributed by atoms with E-state index in [0.29, 0.717) is 17.6 Å². The first-order chi connectivity index (χ1) is 10.1. The van der Waals surface area contributed by atoms with Gasteiger partial charge in [-0.15, -0.1) is 0 Å². The van der Waals surface area contributed by atoms with Gasteiger partial charge in [-0.25, -0.2) is 14.3 Å². The summed E-state index contributed by atoms with van der Waals surface area (Å²) in [5.41, 5.74) is 1.10. The second-order valence-electron chi connectivity index (χ2n) is 4.65. The van der Waals surface area contributed by atoms with E-state index in [-0.39, 0.29) is 5.95 Å². The number of benzene rings is 1. The third kappa shape index (κ3) is 2.96. The number of amides is 2. The van der Waals surface area contributed by atoms with Gasteiger partial charge in [-0.05, 0) is 18.6 Å². The van der Waals surface area contributed by atoms with E-state index in [1.54, 1.807) is 24.3 Å². The molecule has 0 fully saturated rings. The van der Waals surface area contributed by atoms with Gasteiger partial charge in [-0.3, -0.25) is 0 Å². The van der Waals surface area contributed by atoms with E-state index in [0.717, 1.165) is 17.7 Å². The molecule has 1 aromatic carbocycles. The Kier molecular flexibility index (Phi) is 4.42. The number of anilines is 1. The average molecular weight is 289 g/mol. The highest BCUT2D eigenvalue weighted by Gasteiger charge is 2.19. The van der Waals surface area contributed by atoms with Gasteiger partial charge >= 0.3 is 6.03 Å². The molecule has 0 spiro atoms. The molecule has 2 amide bonds. The highest BCUT2D eigenvalue weighted by molar-refractivity contribution is 5.96. The number of nitrogens with one attached hydrogen (secondary N) is 1. The van der Waals surface area contributed by atoms with E-state index < -0.39 is 12.1 Å². The molecular formula is C14H17N4O3-. The Morgan fingerprint density at radius 3 is 2.76 bits per heavy atom. The number of para-hydroxylation sites is 2. The highest BCUT2D eigenvalue weighted by atomic mass is 16.4. The van der Waals surface area contributed by atoms with Crippen LogP contribution in [0.25, 0.3) is 11.0 Å². The predicted octanol–water partition coefficient (Wildman–Crippen LogP) is 1.17. The topological polar surface area (TPSA) is 90.3 Å². The van der Waals surface area contributed by atoms with Crippen molar-refractivity contribution >= 4 is 29.1 Å². The van der Waals surface area contributed by atoms with Crippen LogP contribution in [0.5, 0.6) is 0 Å². The molecule has 0 saturated carbocycles. The molecule has 7 nitrogen and oxygen atoms in total. The minimum Gasteiger partial charge on any atom is -0.530 e. The van der Waals surface area contributed by atoms with Crippen LogP contribution in [0.1, 0.15) is 19.8 Å². The van der Waals surface area contributed by atoms with Crippen molar-refractivity contribution in [1.82, 2.24) is 14.9 Å². The first-order valence-electron chi connectivity index (χ1n) is 6.76. The minimum atomic E-state index is -1.42. The van der Waals surface area contributed by atoms with Crippen molar-refractivity contribution in [3.63, 3.8) is 0 Å². The number of carbonyl (C=O) groups excluding carboxylic acids is 2. The summed E-state index contributed by atoms with van der Waals surface area (Å²) >= 11 is 0. The number of carboxylic acid groups (broad SMARTS) is 1. The average Bonchev–Trinajstić information content (AvgIpc) is 2.85. The first-order valence-corrected chi connectivity index (χ1v) is 6.76. The molecule has 0 atom stereocenters. The number of unbranched alkanes of at least 4 members (excludes halogenated alkanes) is 1. The first kappa shape index (κ1) is 14.8. The Hall–Kier alpha value is -2.57. The molecule has 1 heterocycles. The van der Waals surface area contributed by atoms with Gasteiger partial charge in [-0.1, -0.05) is 25.5 Å². The molecule has 112 valence electrons. The molecular weight excluding hydrogens is 272 g/mol. The van der Waals surface area contributed by atoms with E-state index in [4.69, 9.17) is 0 Å². The number of rotatable bonds is 4. The molecule has 0 aliphatic heterocycles. The molecule has 1 aromatic heterocycles. The van der Waals surface area contributed by atoms with Gasteiger partial charge < -0.3 is 20.1 Å². The van der Waals surface area contributed by atoms with Crippen LogP contribution in [-0.2, 0) is 0 Å². The lowest BCUT2D eigenvalue weighted by molar-refractivity contribution is -0.246. The fourth-order valence-electron chi connectivity index (χ4n) is 1.97. The summed E-state index contributed by atoms with van der Waals surface area (Å²) in [7, 11) is 1.30. The van der Waals surface area contributed by atoms with Crippen LogP contribution in [0.3, 0.4) is 0 Å². The molecule has 0 unspecified atom stereocenters. The summed E-state index contributed by atoms with van der Waals surface area (Å²) in [6.45, 7) is 2.55. The van der Waals surface area contributed by atoms with Gasteiger partial charge in [0.1, 0.15) is 6.09 Å². The fraction of sp³-hybridized carbons (Fsp3) is 0.357. The van der Waals surface area contributed by atoms with Crippen LogP contribution in [0.15, 0.2) is 24.3 Å². The quantitative estimate of drug-likeness (QED) is 0.855. The van der Waals surface area contributed by atoms with Gasteiger partial charge in [0.15, 0.2) is 0 Å². The molecule has 0 bridgehead atoms. The molecule has 0 radical (unpaired) electrons. The van der Waals surface area contributed by atoms with Crippen LogP contribution < -0.4 is 15.3 Å². The van der Waals surface area contributed by atoms with Crippen LogP contribution in [0.4, 0.5) is 15.5 Å². The van der Waals surface area contributed by atoms with Crippen molar-refractivity contribution in [2.24, 2.45) is 0 Å². The van der Waals surface area contributed by atoms with Crippen molar-refractivity contribution < 1.29 is 14.7 Å². The summed E-state index contributed by atoms with van der Waals surface area (Å²) in [4.78, 5) is 28.4. The Bertz CT molecular complexity index is 665. The van der Waals surface area contributed by atoms with E-state index in [2.05, 4.69) is 10.3 Å². The van der Waals surface area contributed by atoms with Crippen LogP contribution in [0.2, 0.25) is 0 Å². The van der Waals surface area contributed by atoms with Crippen molar-refractivity contribution in [3.05, 3.63) is 24.3 Å². The van der Waals surface area contributed by atoms with Crippen LogP contribution in [0, 0.1) is 0 Å². The van der Waals surface area contributed by atoms with Gasteiger partial charge in [0, 0.05) is 13.6 Å². The second kappa shape index (κ2) is 6.25. The lowest BCUT2D eigenvalue weighted by atomic mass is 10.3. The maximum atomic E-state index is 12.3. The fourth-order valence-corrected chi connectivity index (χ4v) is 1.97. The molecule has 21 heavy (non-hydrogen) atoms. The molecule has 1 N–H and O–H groups in total. The zero-order valence-corrected chi connectivity index (χ0v) is 12.0. The van der Waals surface area contributed by atoms with E-state index in [1.165, 1.54) is 11.6 Å². The van der Waals surface area contributed by atoms with Crippen LogP contribution in [-0.4, -0.2) is 35.3 Å². The molecule has 2 rings (SSSR count). The maximum Gasteiger partial charge on any atom is 0.328 e. The van der Waals surface area contributed by atoms with E-state index in [1.807, 2.05) is 6.92 Å². The number of carbonyl (C=O) groups is 2. The highest BCUT2D eigenvalue weighted by Crippen LogP contribution is 2.21. The Morgan fingerprint density at radius 1 is 1.38 bits per heavy atom. The number of hydrogen-bond acceptors (Lipinski definition) is 4. The van der Waals surface area contributed by atoms with E-state index in [9.17, 15) is 14.7 Å². The molecule has 2 aromatic rings. The minimum absolute atomic E-state index is 0.0187. The number of nitrogens with zero attached hydrogens (tertiary/aromatic N) is 3. The largest absolute Gasteiger partial charge is 0.530 e. The van der Waals surface area contributed by atoms with Crippen LogP contribution >= 0.6 is 0 Å². The summed E-state index contributed by atoms with van der Waals surface area (Å²) in [5.74, 6) is 0.0187. The lowest BCUT2D eigenvalue weighted by Crippen LogP contribution is -2.41. The summed E-state index contributed by atoms with van der Waals surface area (Å²) in [6, 6.07) is 6.58. The van der Waals surface area contributed by atoms with Crippen molar-refractivity contribution in [1.29, 1.82) is 0 Å². The van der Waals surface area contributed by atoms with Crippen molar-refractivity contribution in [2.75, 3.05) is 18.5 Å². The Morgan fingerprint density at radius 2 is 2.10 bits per heavy atom. The smallest absolute Gasteiger partial charge is 0.328 e. The maximum absolute atomic E-state index is 12.3. The number of hydrogen-bond donors (Lipinski definition) is 1. The standard InChI is InChI=1S/C14H18N4O3/c1-3-4-9-15-13(19)18-11-8-6-5-7-10(11)16-12(18)17(2)14(20)21/h5-8H,3-4,9H2,1-2H3,(H,15,19)(H,20,21)/p-1. The normalized spacial score (nSPS) is 10.6. The van der Waals surface area contributed by atoms with E-state index >= 15 is 0 Å². The van der Waals surface area contributed by atoms with Crippen molar-refractivity contribution in [2.45, 2.75) is 19.8 Å². The molecule has 7 heteroatoms. The van der Waals surface area contributed by atoms with Gasteiger partial charge in [-0.2, -0.15) is 0 Å². The second-order valence-corrected chi connectivity index (χ2v) is 4.65. The Balaban J connectivity index is 2.45. The third-order valence-corrected chi connectivity index (χ3v) is 3.13. The molecule has 0 aliphatic rings. The SMILES string of the molecule is CCCCNC(=O)n1c(N(C)C(=O)[O-])nc2ccccc21. The number of imidazole rings is 1. The van der Waals surface area contributed by atoms with Gasteiger partial charge in [0.2, 0.25) is 5.95 Å². The monoisotopic (exact) mass is 289 g/mol. The van der Waals surface area contributed by atoms with Crippen molar-refractivity contribution in [3.8, 4) is 0 Å². The van der Waals surface area contributed by atoms with Gasteiger partial charge in [0.05, 0.1) is 11.0 Å². The molecule has 0 saturated heterocycles. The number of aromatic nitrogens is 2. The zero-order valence-electron chi connectivity index (χ0n) is 12.0. The zero-order chi connectivity index (χ0) is 15.4. The summed E-state index contributed by atoms with van der Waals surface area (Å²) < 4.78 is 1.25. The summed E-state index contributed by atoms with van der Waals surface area (Å²) in [6.07, 6.45) is 0.383.